The van der Waals surface area contributed by atoms with Crippen molar-refractivity contribution in [3.8, 4) is 0 Å². The van der Waals surface area contributed by atoms with Gasteiger partial charge < -0.3 is 10.1 Å². The highest BCUT2D eigenvalue weighted by Gasteiger charge is 2.20. The number of benzene rings is 1. The van der Waals surface area contributed by atoms with Crippen molar-refractivity contribution in [2.75, 3.05) is 12.4 Å². The van der Waals surface area contributed by atoms with Crippen LogP contribution in [0.3, 0.4) is 0 Å². The smallest absolute Gasteiger partial charge is 0.307 e. The van der Waals surface area contributed by atoms with Crippen molar-refractivity contribution in [3.05, 3.63) is 33.9 Å². The Balaban J connectivity index is 3.02. The van der Waals surface area contributed by atoms with Gasteiger partial charge >= 0.3 is 5.69 Å². The van der Waals surface area contributed by atoms with E-state index < -0.39 is 22.2 Å². The molecule has 5 nitrogen and oxygen atoms in total. The van der Waals surface area contributed by atoms with E-state index in [9.17, 15) is 18.9 Å². The number of nitrogens with zero attached hydrogens (tertiary/aromatic N) is 1. The third-order valence-electron chi connectivity index (χ3n) is 2.69. The van der Waals surface area contributed by atoms with Crippen molar-refractivity contribution in [1.29, 1.82) is 0 Å². The molecular weight excluding hydrogens is 246 g/mol. The van der Waals surface area contributed by atoms with Crippen LogP contribution in [0.5, 0.6) is 0 Å². The van der Waals surface area contributed by atoms with Gasteiger partial charge in [-0.3, -0.25) is 10.1 Å². The molecule has 1 aromatic rings. The minimum Gasteiger partial charge on any atom is -0.380 e. The van der Waals surface area contributed by atoms with Gasteiger partial charge in [0.15, 0.2) is 0 Å². The molecule has 2 unspecified atom stereocenters. The summed E-state index contributed by atoms with van der Waals surface area (Å²) in [5.41, 5.74) is -0.893. The molecule has 2 atom stereocenters. The van der Waals surface area contributed by atoms with Crippen LogP contribution in [0.25, 0.3) is 0 Å². The fourth-order valence-electron chi connectivity index (χ4n) is 1.35. The molecular formula is C11H14F2N2O3. The largest absolute Gasteiger partial charge is 0.380 e. The van der Waals surface area contributed by atoms with E-state index in [1.807, 2.05) is 0 Å². The molecule has 0 bridgehead atoms. The molecule has 0 aliphatic rings. The van der Waals surface area contributed by atoms with Gasteiger partial charge in [0.25, 0.3) is 0 Å². The molecule has 1 aromatic carbocycles. The highest BCUT2D eigenvalue weighted by molar-refractivity contribution is 5.53. The summed E-state index contributed by atoms with van der Waals surface area (Å²) in [4.78, 5) is 9.65. The molecule has 1 N–H and O–H groups in total. The standard InChI is InChI=1S/C11H14F2N2O3/c1-6(7(2)18-3)14-10-5-11(15(16)17)9(13)4-8(10)12/h4-7,14H,1-3H3. The quantitative estimate of drug-likeness (QED) is 0.653. The number of hydrogen-bond acceptors (Lipinski definition) is 4. The van der Waals surface area contributed by atoms with E-state index in [0.29, 0.717) is 6.07 Å². The molecule has 0 aliphatic carbocycles. The third-order valence-corrected chi connectivity index (χ3v) is 2.69. The molecule has 100 valence electrons. The molecule has 0 heterocycles. The predicted molar refractivity (Wildman–Crippen MR) is 62.6 cm³/mol. The van der Waals surface area contributed by atoms with Gasteiger partial charge in [-0.05, 0) is 13.8 Å². The van der Waals surface area contributed by atoms with Crippen molar-refractivity contribution < 1.29 is 18.4 Å². The van der Waals surface area contributed by atoms with Crippen LogP contribution < -0.4 is 5.32 Å². The van der Waals surface area contributed by atoms with E-state index in [-0.39, 0.29) is 17.8 Å². The van der Waals surface area contributed by atoms with Gasteiger partial charge in [0, 0.05) is 25.3 Å². The van der Waals surface area contributed by atoms with Crippen molar-refractivity contribution >= 4 is 11.4 Å². The summed E-state index contributed by atoms with van der Waals surface area (Å²) in [6.07, 6.45) is -0.228. The first-order chi connectivity index (χ1) is 8.36. The van der Waals surface area contributed by atoms with E-state index >= 15 is 0 Å². The first-order valence-corrected chi connectivity index (χ1v) is 5.29. The van der Waals surface area contributed by atoms with Gasteiger partial charge in [-0.25, -0.2) is 4.39 Å². The molecule has 1 rings (SSSR count). The lowest BCUT2D eigenvalue weighted by atomic mass is 10.2. The second-order valence-electron chi connectivity index (χ2n) is 3.91. The van der Waals surface area contributed by atoms with Crippen LogP contribution in [0.4, 0.5) is 20.2 Å². The molecule has 7 heteroatoms. The molecule has 0 radical (unpaired) electrons. The summed E-state index contributed by atoms with van der Waals surface area (Å²) in [5.74, 6) is -2.08. The van der Waals surface area contributed by atoms with Crippen molar-refractivity contribution in [1.82, 2.24) is 0 Å². The van der Waals surface area contributed by atoms with Crippen LogP contribution in [0.15, 0.2) is 12.1 Å². The summed E-state index contributed by atoms with van der Waals surface area (Å²) in [7, 11) is 1.49. The maximum absolute atomic E-state index is 13.5. The monoisotopic (exact) mass is 260 g/mol. The molecule has 0 fully saturated rings. The van der Waals surface area contributed by atoms with Crippen LogP contribution in [0.1, 0.15) is 13.8 Å². The topological polar surface area (TPSA) is 64.4 Å². The minimum atomic E-state index is -1.20. The Morgan fingerprint density at radius 2 is 1.94 bits per heavy atom. The maximum Gasteiger partial charge on any atom is 0.307 e. The second kappa shape index (κ2) is 5.72. The number of nitro groups is 1. The number of nitrogens with one attached hydrogen (secondary N) is 1. The Morgan fingerprint density at radius 3 is 2.44 bits per heavy atom. The van der Waals surface area contributed by atoms with Crippen LogP contribution >= 0.6 is 0 Å². The Kier molecular flexibility index (Phi) is 4.55. The Hall–Kier alpha value is -1.76. The van der Waals surface area contributed by atoms with Gasteiger partial charge in [0.2, 0.25) is 5.82 Å². The summed E-state index contributed by atoms with van der Waals surface area (Å²) in [6, 6.07) is 1.04. The zero-order valence-corrected chi connectivity index (χ0v) is 10.2. The number of anilines is 1. The summed E-state index contributed by atoms with van der Waals surface area (Å²) < 4.78 is 31.6. The molecule has 18 heavy (non-hydrogen) atoms. The van der Waals surface area contributed by atoms with Gasteiger partial charge in [-0.2, -0.15) is 4.39 Å². The number of hydrogen-bond donors (Lipinski definition) is 1. The normalized spacial score (nSPS) is 14.1. The molecule has 0 aliphatic heterocycles. The number of methoxy groups -OCH3 is 1. The lowest BCUT2D eigenvalue weighted by Gasteiger charge is -2.21. The number of ether oxygens (including phenoxy) is 1. The lowest BCUT2D eigenvalue weighted by molar-refractivity contribution is -0.387. The first kappa shape index (κ1) is 14.3. The highest BCUT2D eigenvalue weighted by atomic mass is 19.1. The fraction of sp³-hybridized carbons (Fsp3) is 0.455. The first-order valence-electron chi connectivity index (χ1n) is 5.29. The van der Waals surface area contributed by atoms with Gasteiger partial charge in [-0.15, -0.1) is 0 Å². The van der Waals surface area contributed by atoms with E-state index in [1.165, 1.54) is 7.11 Å². The summed E-state index contributed by atoms with van der Waals surface area (Å²) >= 11 is 0. The summed E-state index contributed by atoms with van der Waals surface area (Å²) in [6.45, 7) is 3.48. The predicted octanol–water partition coefficient (Wildman–Crippen LogP) is 2.71. The third kappa shape index (κ3) is 3.13. The zero-order chi connectivity index (χ0) is 13.9. The van der Waals surface area contributed by atoms with Crippen molar-refractivity contribution in [2.24, 2.45) is 0 Å². The van der Waals surface area contributed by atoms with E-state index in [4.69, 9.17) is 4.74 Å². The van der Waals surface area contributed by atoms with Crippen molar-refractivity contribution in [2.45, 2.75) is 26.0 Å². The molecule has 0 saturated heterocycles. The Labute approximate surface area is 103 Å². The Bertz CT molecular complexity index is 454. The molecule has 0 aromatic heterocycles. The summed E-state index contributed by atoms with van der Waals surface area (Å²) in [5, 5.41) is 13.3. The van der Waals surface area contributed by atoms with Crippen LogP contribution in [0.2, 0.25) is 0 Å². The van der Waals surface area contributed by atoms with Gasteiger partial charge in [0.1, 0.15) is 5.82 Å². The van der Waals surface area contributed by atoms with E-state index in [1.54, 1.807) is 13.8 Å². The number of rotatable bonds is 5. The average molecular weight is 260 g/mol. The van der Waals surface area contributed by atoms with Gasteiger partial charge in [0.05, 0.1) is 16.7 Å². The van der Waals surface area contributed by atoms with Crippen LogP contribution in [0, 0.1) is 21.7 Å². The zero-order valence-electron chi connectivity index (χ0n) is 10.2. The number of nitro benzene ring substituents is 1. The second-order valence-corrected chi connectivity index (χ2v) is 3.91. The van der Waals surface area contributed by atoms with E-state index in [2.05, 4.69) is 5.32 Å². The van der Waals surface area contributed by atoms with Crippen LogP contribution in [-0.4, -0.2) is 24.2 Å². The lowest BCUT2D eigenvalue weighted by Crippen LogP contribution is -2.30. The molecule has 0 amide bonds. The molecule has 0 spiro atoms. The molecule has 0 saturated carbocycles. The number of halogens is 2. The Morgan fingerprint density at radius 1 is 1.33 bits per heavy atom. The highest BCUT2D eigenvalue weighted by Crippen LogP contribution is 2.25. The SMILES string of the molecule is COC(C)C(C)Nc1cc([N+](=O)[O-])c(F)cc1F. The fourth-order valence-corrected chi connectivity index (χ4v) is 1.35. The average Bonchev–Trinajstić information content (AvgIpc) is 2.30. The minimum absolute atomic E-state index is 0.125. The van der Waals surface area contributed by atoms with Gasteiger partial charge in [-0.1, -0.05) is 0 Å². The van der Waals surface area contributed by atoms with Crippen molar-refractivity contribution in [3.63, 3.8) is 0 Å². The van der Waals surface area contributed by atoms with E-state index in [0.717, 1.165) is 6.07 Å². The maximum atomic E-state index is 13.5. The van der Waals surface area contributed by atoms with Crippen LogP contribution in [-0.2, 0) is 4.74 Å².